The summed E-state index contributed by atoms with van der Waals surface area (Å²) in [5.41, 5.74) is 3.82. The number of hydrogen-bond donors (Lipinski definition) is 1. The van der Waals surface area contributed by atoms with Crippen LogP contribution < -0.4 is 10.2 Å². The molecule has 5 nitrogen and oxygen atoms in total. The Balaban J connectivity index is 1.44. The van der Waals surface area contributed by atoms with E-state index in [-0.39, 0.29) is 5.41 Å². The average molecular weight is 396 g/mol. The smallest absolute Gasteiger partial charge is 0.133 e. The third-order valence-electron chi connectivity index (χ3n) is 5.71. The van der Waals surface area contributed by atoms with E-state index >= 15 is 0 Å². The van der Waals surface area contributed by atoms with Gasteiger partial charge in [-0.3, -0.25) is 0 Å². The predicted molar refractivity (Wildman–Crippen MR) is 122 cm³/mol. The van der Waals surface area contributed by atoms with Gasteiger partial charge in [0.25, 0.3) is 0 Å². The molecule has 1 saturated heterocycles. The van der Waals surface area contributed by atoms with Gasteiger partial charge in [-0.05, 0) is 57.1 Å². The quantitative estimate of drug-likeness (QED) is 0.722. The second-order valence-corrected chi connectivity index (χ2v) is 9.28. The molecule has 0 radical (unpaired) electrons. The van der Waals surface area contributed by atoms with Crippen molar-refractivity contribution in [3.05, 3.63) is 53.6 Å². The molecule has 2 heterocycles. The maximum absolute atomic E-state index is 4.73. The number of aromatic nitrogens is 2. The zero-order valence-corrected chi connectivity index (χ0v) is 18.8. The summed E-state index contributed by atoms with van der Waals surface area (Å²) in [7, 11) is 2.20. The molecule has 1 aliphatic rings. The molecule has 1 aromatic carbocycles. The predicted octanol–water partition coefficient (Wildman–Crippen LogP) is 3.81. The number of nitrogens with one attached hydrogen (secondary N) is 1. The van der Waals surface area contributed by atoms with Crippen molar-refractivity contribution in [2.24, 2.45) is 0 Å². The summed E-state index contributed by atoms with van der Waals surface area (Å²) < 4.78 is 0. The summed E-state index contributed by atoms with van der Waals surface area (Å²) in [6.45, 7) is 14.2. The van der Waals surface area contributed by atoms with E-state index < -0.39 is 0 Å². The molecule has 5 heteroatoms. The van der Waals surface area contributed by atoms with Crippen molar-refractivity contribution in [3.8, 4) is 0 Å². The number of benzene rings is 1. The number of nitrogens with zero attached hydrogens (tertiary/aromatic N) is 4. The Bertz CT molecular complexity index is 758. The molecule has 1 atom stereocenters. The van der Waals surface area contributed by atoms with Crippen LogP contribution in [0.3, 0.4) is 0 Å². The van der Waals surface area contributed by atoms with Crippen molar-refractivity contribution < 1.29 is 0 Å². The summed E-state index contributed by atoms with van der Waals surface area (Å²) >= 11 is 0. The molecule has 1 unspecified atom stereocenters. The second-order valence-electron chi connectivity index (χ2n) is 9.28. The number of piperazine rings is 1. The third-order valence-corrected chi connectivity index (χ3v) is 5.71. The summed E-state index contributed by atoms with van der Waals surface area (Å²) in [4.78, 5) is 14.0. The lowest BCUT2D eigenvalue weighted by atomic mass is 9.95. The number of aryl methyl sites for hydroxylation is 1. The molecule has 3 rings (SSSR count). The third kappa shape index (κ3) is 6.25. The Kier molecular flexibility index (Phi) is 7.25. The fraction of sp³-hybridized carbons (Fsp3) is 0.583. The lowest BCUT2D eigenvalue weighted by Gasteiger charge is -2.34. The highest BCUT2D eigenvalue weighted by Gasteiger charge is 2.17. The Hall–Kier alpha value is -1.98. The standard InChI is InChI=1S/C24H37N5/c1-19(20-8-10-22(11-9-20)29-17-15-28(5)16-18-29)25-13-6-7-21-12-14-26-23(27-21)24(2,3)4/h8-12,14,19,25H,6-7,13,15-18H2,1-5H3. The van der Waals surface area contributed by atoms with Gasteiger partial charge in [0.2, 0.25) is 0 Å². The Morgan fingerprint density at radius 3 is 2.38 bits per heavy atom. The minimum Gasteiger partial charge on any atom is -0.369 e. The molecule has 2 aromatic rings. The van der Waals surface area contributed by atoms with Crippen LogP contribution in [0.2, 0.25) is 0 Å². The van der Waals surface area contributed by atoms with Crippen molar-refractivity contribution in [2.75, 3.05) is 44.7 Å². The molecule has 0 saturated carbocycles. The van der Waals surface area contributed by atoms with Crippen molar-refractivity contribution in [1.29, 1.82) is 0 Å². The van der Waals surface area contributed by atoms with Gasteiger partial charge in [-0.1, -0.05) is 32.9 Å². The van der Waals surface area contributed by atoms with E-state index in [9.17, 15) is 0 Å². The molecular formula is C24H37N5. The van der Waals surface area contributed by atoms with Gasteiger partial charge in [0.05, 0.1) is 0 Å². The molecule has 29 heavy (non-hydrogen) atoms. The second kappa shape index (κ2) is 9.68. The van der Waals surface area contributed by atoms with Gasteiger partial charge < -0.3 is 15.1 Å². The highest BCUT2D eigenvalue weighted by atomic mass is 15.2. The molecule has 1 fully saturated rings. The summed E-state index contributed by atoms with van der Waals surface area (Å²) in [6.07, 6.45) is 3.94. The van der Waals surface area contributed by atoms with Crippen LogP contribution in [-0.4, -0.2) is 54.6 Å². The van der Waals surface area contributed by atoms with Crippen LogP contribution in [-0.2, 0) is 11.8 Å². The number of likely N-dealkylation sites (N-methyl/N-ethyl adjacent to an activating group) is 1. The monoisotopic (exact) mass is 395 g/mol. The van der Waals surface area contributed by atoms with E-state index in [4.69, 9.17) is 4.98 Å². The SMILES string of the molecule is CC(NCCCc1ccnc(C(C)(C)C)n1)c1ccc(N2CCN(C)CC2)cc1. The van der Waals surface area contributed by atoms with Crippen molar-refractivity contribution in [2.45, 2.75) is 52.0 Å². The first-order valence-corrected chi connectivity index (χ1v) is 10.9. The van der Waals surface area contributed by atoms with E-state index in [0.29, 0.717) is 6.04 Å². The van der Waals surface area contributed by atoms with E-state index in [1.165, 1.54) is 11.3 Å². The Morgan fingerprint density at radius 1 is 1.03 bits per heavy atom. The maximum Gasteiger partial charge on any atom is 0.133 e. The first kappa shape index (κ1) is 21.7. The maximum atomic E-state index is 4.73. The van der Waals surface area contributed by atoms with Crippen molar-refractivity contribution in [1.82, 2.24) is 20.2 Å². The highest BCUT2D eigenvalue weighted by Crippen LogP contribution is 2.21. The fourth-order valence-electron chi connectivity index (χ4n) is 3.64. The van der Waals surface area contributed by atoms with Gasteiger partial charge in [0.1, 0.15) is 5.82 Å². The molecule has 1 aliphatic heterocycles. The van der Waals surface area contributed by atoms with E-state index in [2.05, 4.69) is 79.1 Å². The van der Waals surface area contributed by atoms with Crippen LogP contribution in [0.25, 0.3) is 0 Å². The van der Waals surface area contributed by atoms with Crippen LogP contribution >= 0.6 is 0 Å². The minimum absolute atomic E-state index is 0.000936. The molecule has 1 aromatic heterocycles. The van der Waals surface area contributed by atoms with Gasteiger partial charge in [-0.15, -0.1) is 0 Å². The van der Waals surface area contributed by atoms with Crippen molar-refractivity contribution in [3.63, 3.8) is 0 Å². The average Bonchev–Trinajstić information content (AvgIpc) is 2.71. The van der Waals surface area contributed by atoms with Gasteiger partial charge in [-0.25, -0.2) is 9.97 Å². The summed E-state index contributed by atoms with van der Waals surface area (Å²) in [5.74, 6) is 0.928. The van der Waals surface area contributed by atoms with Crippen LogP contribution in [0.15, 0.2) is 36.5 Å². The van der Waals surface area contributed by atoms with Gasteiger partial charge in [0.15, 0.2) is 0 Å². The summed E-state index contributed by atoms with van der Waals surface area (Å²) in [5, 5.41) is 3.66. The first-order valence-electron chi connectivity index (χ1n) is 10.9. The van der Waals surface area contributed by atoms with Crippen LogP contribution in [0.1, 0.15) is 57.2 Å². The number of anilines is 1. The highest BCUT2D eigenvalue weighted by molar-refractivity contribution is 5.48. The van der Waals surface area contributed by atoms with Crippen LogP contribution in [0.4, 0.5) is 5.69 Å². The molecule has 1 N–H and O–H groups in total. The molecule has 0 spiro atoms. The normalized spacial score (nSPS) is 16.8. The van der Waals surface area contributed by atoms with Crippen LogP contribution in [0, 0.1) is 0 Å². The fourth-order valence-corrected chi connectivity index (χ4v) is 3.64. The molecule has 0 aliphatic carbocycles. The van der Waals surface area contributed by atoms with E-state index in [0.717, 1.165) is 57.1 Å². The first-order chi connectivity index (χ1) is 13.8. The van der Waals surface area contributed by atoms with Gasteiger partial charge in [-0.2, -0.15) is 0 Å². The lowest BCUT2D eigenvalue weighted by molar-refractivity contribution is 0.313. The largest absolute Gasteiger partial charge is 0.369 e. The number of rotatable bonds is 7. The summed E-state index contributed by atoms with van der Waals surface area (Å²) in [6, 6.07) is 11.5. The molecule has 0 amide bonds. The number of hydrogen-bond acceptors (Lipinski definition) is 5. The van der Waals surface area contributed by atoms with Gasteiger partial charge >= 0.3 is 0 Å². The Labute approximate surface area is 176 Å². The Morgan fingerprint density at radius 2 is 1.72 bits per heavy atom. The minimum atomic E-state index is -0.000936. The lowest BCUT2D eigenvalue weighted by Crippen LogP contribution is -2.44. The van der Waals surface area contributed by atoms with Crippen molar-refractivity contribution >= 4 is 5.69 Å². The van der Waals surface area contributed by atoms with E-state index in [1.54, 1.807) is 0 Å². The molecular weight excluding hydrogens is 358 g/mol. The topological polar surface area (TPSA) is 44.3 Å². The zero-order valence-electron chi connectivity index (χ0n) is 18.8. The zero-order chi connectivity index (χ0) is 20.9. The van der Waals surface area contributed by atoms with Gasteiger partial charge in [0, 0.05) is 55.2 Å². The molecule has 0 bridgehead atoms. The molecule has 158 valence electrons. The van der Waals surface area contributed by atoms with Crippen LogP contribution in [0.5, 0.6) is 0 Å². The van der Waals surface area contributed by atoms with E-state index in [1.807, 2.05) is 12.3 Å².